The van der Waals surface area contributed by atoms with Crippen molar-refractivity contribution in [1.82, 2.24) is 9.55 Å². The van der Waals surface area contributed by atoms with Gasteiger partial charge in [0.25, 0.3) is 0 Å². The van der Waals surface area contributed by atoms with E-state index in [0.29, 0.717) is 15.8 Å². The lowest BCUT2D eigenvalue weighted by Crippen LogP contribution is -2.09. The highest BCUT2D eigenvalue weighted by Crippen LogP contribution is 2.23. The van der Waals surface area contributed by atoms with Crippen molar-refractivity contribution in [2.45, 2.75) is 25.6 Å². The van der Waals surface area contributed by atoms with E-state index in [-0.39, 0.29) is 13.0 Å². The molecule has 1 N–H and O–H groups in total. The molecule has 0 fully saturated rings. The van der Waals surface area contributed by atoms with Crippen LogP contribution in [0, 0.1) is 10.6 Å². The number of fused-ring (bicyclic) bond motifs is 1. The Morgan fingerprint density at radius 1 is 1.28 bits per heavy atom. The average molecular weight is 278 g/mol. The molecule has 1 aromatic carbocycles. The number of benzene rings is 1. The Labute approximate surface area is 105 Å². The van der Waals surface area contributed by atoms with E-state index in [0.717, 1.165) is 0 Å². The number of aromatic nitrogens is 2. The molecule has 2 aromatic rings. The Morgan fingerprint density at radius 2 is 2.00 bits per heavy atom. The third-order valence-electron chi connectivity index (χ3n) is 2.58. The largest absolute Gasteiger partial charge is 0.389 e. The first-order chi connectivity index (χ1) is 8.37. The highest BCUT2D eigenvalue weighted by molar-refractivity contribution is 7.71. The van der Waals surface area contributed by atoms with Crippen molar-refractivity contribution < 1.29 is 17.6 Å². The molecular weight excluding hydrogens is 268 g/mol. The minimum atomic E-state index is -4.18. The number of halogens is 4. The molecule has 0 bridgehead atoms. The number of rotatable bonds is 3. The molecule has 0 radical (unpaired) electrons. The maximum absolute atomic E-state index is 13.1. The van der Waals surface area contributed by atoms with Gasteiger partial charge in [0.05, 0.1) is 11.0 Å². The monoisotopic (exact) mass is 278 g/mol. The molecule has 98 valence electrons. The van der Waals surface area contributed by atoms with Crippen molar-refractivity contribution in [3.05, 3.63) is 28.8 Å². The van der Waals surface area contributed by atoms with Crippen LogP contribution in [0.25, 0.3) is 11.0 Å². The number of nitrogens with zero attached hydrogens (tertiary/aromatic N) is 1. The molecule has 1 heterocycles. The molecule has 7 heteroatoms. The normalized spacial score (nSPS) is 12.2. The summed E-state index contributed by atoms with van der Waals surface area (Å²) in [6.45, 7) is 0.113. The maximum Gasteiger partial charge on any atom is 0.389 e. The van der Waals surface area contributed by atoms with Crippen LogP contribution in [0.15, 0.2) is 18.2 Å². The molecule has 2 rings (SSSR count). The molecule has 0 atom stereocenters. The molecule has 0 saturated heterocycles. The van der Waals surface area contributed by atoms with Gasteiger partial charge in [0.1, 0.15) is 5.82 Å². The number of imidazole rings is 1. The zero-order valence-electron chi connectivity index (χ0n) is 9.22. The average Bonchev–Trinajstić information content (AvgIpc) is 2.54. The molecular formula is C11H10F4N2S. The van der Waals surface area contributed by atoms with Crippen LogP contribution < -0.4 is 0 Å². The Kier molecular flexibility index (Phi) is 3.43. The van der Waals surface area contributed by atoms with Gasteiger partial charge in [0.2, 0.25) is 0 Å². The van der Waals surface area contributed by atoms with Gasteiger partial charge in [0.15, 0.2) is 4.77 Å². The number of aryl methyl sites for hydroxylation is 1. The predicted molar refractivity (Wildman–Crippen MR) is 62.4 cm³/mol. The molecule has 1 aromatic heterocycles. The second-order valence-corrected chi connectivity index (χ2v) is 4.35. The lowest BCUT2D eigenvalue weighted by molar-refractivity contribution is -0.135. The number of H-pyrrole nitrogens is 1. The summed E-state index contributed by atoms with van der Waals surface area (Å²) in [6, 6.07) is 4.05. The smallest absolute Gasteiger partial charge is 0.331 e. The van der Waals surface area contributed by atoms with Crippen LogP contribution in [-0.4, -0.2) is 15.7 Å². The number of hydrogen-bond donors (Lipinski definition) is 1. The first kappa shape index (κ1) is 13.1. The SMILES string of the molecule is Fc1ccc2[nH]c(=S)n(CCCC(F)(F)F)c2c1. The second kappa shape index (κ2) is 4.72. The zero-order valence-corrected chi connectivity index (χ0v) is 10.0. The van der Waals surface area contributed by atoms with Crippen molar-refractivity contribution in [2.24, 2.45) is 0 Å². The van der Waals surface area contributed by atoms with Crippen LogP contribution in [-0.2, 0) is 6.54 Å². The molecule has 0 aliphatic heterocycles. The Bertz CT molecular complexity index is 612. The highest BCUT2D eigenvalue weighted by atomic mass is 32.1. The quantitative estimate of drug-likeness (QED) is 0.659. The van der Waals surface area contributed by atoms with E-state index < -0.39 is 18.4 Å². The van der Waals surface area contributed by atoms with Gasteiger partial charge in [-0.15, -0.1) is 0 Å². The van der Waals surface area contributed by atoms with E-state index in [1.165, 1.54) is 22.8 Å². The molecule has 0 spiro atoms. The topological polar surface area (TPSA) is 20.7 Å². The molecule has 0 amide bonds. The lowest BCUT2D eigenvalue weighted by Gasteiger charge is -2.07. The number of aromatic amines is 1. The third kappa shape index (κ3) is 2.90. The van der Waals surface area contributed by atoms with Crippen LogP contribution in [0.5, 0.6) is 0 Å². The Morgan fingerprint density at radius 3 is 2.67 bits per heavy atom. The van der Waals surface area contributed by atoms with Gasteiger partial charge in [-0.2, -0.15) is 13.2 Å². The van der Waals surface area contributed by atoms with Gasteiger partial charge < -0.3 is 9.55 Å². The first-order valence-electron chi connectivity index (χ1n) is 5.32. The van der Waals surface area contributed by atoms with Crippen molar-refractivity contribution in [3.8, 4) is 0 Å². The van der Waals surface area contributed by atoms with Crippen molar-refractivity contribution in [3.63, 3.8) is 0 Å². The van der Waals surface area contributed by atoms with Crippen LogP contribution in [0.2, 0.25) is 0 Å². The standard InChI is InChI=1S/C11H10F4N2S/c12-7-2-3-8-9(6-7)17(10(18)16-8)5-1-4-11(13,14)15/h2-3,6H,1,4-5H2,(H,16,18). The lowest BCUT2D eigenvalue weighted by atomic mass is 10.2. The molecule has 0 aliphatic rings. The van der Waals surface area contributed by atoms with E-state index >= 15 is 0 Å². The van der Waals surface area contributed by atoms with E-state index in [1.807, 2.05) is 0 Å². The number of hydrogen-bond acceptors (Lipinski definition) is 1. The Balaban J connectivity index is 2.25. The minimum Gasteiger partial charge on any atom is -0.331 e. The fourth-order valence-electron chi connectivity index (χ4n) is 1.79. The van der Waals surface area contributed by atoms with Gasteiger partial charge in [-0.05, 0) is 36.8 Å². The van der Waals surface area contributed by atoms with Crippen molar-refractivity contribution >= 4 is 23.3 Å². The summed E-state index contributed by atoms with van der Waals surface area (Å²) >= 11 is 5.01. The fraction of sp³-hybridized carbons (Fsp3) is 0.364. The van der Waals surface area contributed by atoms with Gasteiger partial charge in [-0.1, -0.05) is 0 Å². The highest BCUT2D eigenvalue weighted by Gasteiger charge is 2.26. The first-order valence-corrected chi connectivity index (χ1v) is 5.72. The van der Waals surface area contributed by atoms with Crippen molar-refractivity contribution in [2.75, 3.05) is 0 Å². The number of alkyl halides is 3. The maximum atomic E-state index is 13.1. The van der Waals surface area contributed by atoms with Gasteiger partial charge in [-0.3, -0.25) is 0 Å². The molecule has 18 heavy (non-hydrogen) atoms. The molecule has 0 saturated carbocycles. The number of nitrogens with one attached hydrogen (secondary N) is 1. The summed E-state index contributed by atoms with van der Waals surface area (Å²) in [5, 5.41) is 0. The van der Waals surface area contributed by atoms with E-state index in [2.05, 4.69) is 4.98 Å². The van der Waals surface area contributed by atoms with Crippen LogP contribution >= 0.6 is 12.2 Å². The van der Waals surface area contributed by atoms with Gasteiger partial charge in [0, 0.05) is 13.0 Å². The summed E-state index contributed by atoms with van der Waals surface area (Å²) in [4.78, 5) is 2.83. The van der Waals surface area contributed by atoms with E-state index in [4.69, 9.17) is 12.2 Å². The molecule has 2 nitrogen and oxygen atoms in total. The zero-order chi connectivity index (χ0) is 13.3. The predicted octanol–water partition coefficient (Wildman–Crippen LogP) is 4.18. The second-order valence-electron chi connectivity index (χ2n) is 3.96. The van der Waals surface area contributed by atoms with Crippen LogP contribution in [0.4, 0.5) is 17.6 Å². The van der Waals surface area contributed by atoms with Crippen molar-refractivity contribution in [1.29, 1.82) is 0 Å². The fourth-order valence-corrected chi connectivity index (χ4v) is 2.09. The molecule has 0 unspecified atom stereocenters. The van der Waals surface area contributed by atoms with E-state index in [9.17, 15) is 17.6 Å². The van der Waals surface area contributed by atoms with Gasteiger partial charge in [-0.25, -0.2) is 4.39 Å². The third-order valence-corrected chi connectivity index (χ3v) is 2.90. The summed E-state index contributed by atoms with van der Waals surface area (Å²) in [5.41, 5.74) is 1.11. The summed E-state index contributed by atoms with van der Waals surface area (Å²) in [7, 11) is 0. The van der Waals surface area contributed by atoms with Gasteiger partial charge >= 0.3 is 6.18 Å². The Hall–Kier alpha value is -1.37. The molecule has 0 aliphatic carbocycles. The van der Waals surface area contributed by atoms with Crippen LogP contribution in [0.1, 0.15) is 12.8 Å². The summed E-state index contributed by atoms with van der Waals surface area (Å²) < 4.78 is 51.1. The summed E-state index contributed by atoms with van der Waals surface area (Å²) in [5.74, 6) is -0.443. The summed E-state index contributed by atoms with van der Waals surface area (Å²) in [6.07, 6.45) is -5.14. The minimum absolute atomic E-state index is 0.0821. The van der Waals surface area contributed by atoms with E-state index in [1.54, 1.807) is 0 Å². The van der Waals surface area contributed by atoms with Crippen LogP contribution in [0.3, 0.4) is 0 Å².